The molecule has 0 aliphatic rings. The van der Waals surface area contributed by atoms with Crippen molar-refractivity contribution < 1.29 is 14.7 Å². The molecule has 0 saturated heterocycles. The van der Waals surface area contributed by atoms with Crippen LogP contribution in [0.15, 0.2) is 100 Å². The van der Waals surface area contributed by atoms with E-state index in [0.717, 1.165) is 0 Å². The molecule has 1 heterocycles. The molecule has 0 bridgehead atoms. The van der Waals surface area contributed by atoms with Crippen LogP contribution in [0.4, 0.5) is 5.69 Å². The molecule has 0 radical (unpaired) electrons. The van der Waals surface area contributed by atoms with E-state index >= 15 is 0 Å². The van der Waals surface area contributed by atoms with Crippen LogP contribution in [0, 0.1) is 0 Å². The molecule has 0 aliphatic heterocycles. The first-order valence-electron chi connectivity index (χ1n) is 9.66. The highest BCUT2D eigenvalue weighted by atomic mass is 79.9. The maximum absolute atomic E-state index is 13.2. The van der Waals surface area contributed by atoms with E-state index in [0.29, 0.717) is 15.8 Å². The Morgan fingerprint density at radius 3 is 2.19 bits per heavy atom. The Morgan fingerprint density at radius 1 is 0.844 bits per heavy atom. The number of hydrogen-bond donors (Lipinski definition) is 2. The molecule has 1 amide bonds. The smallest absolute Gasteiger partial charge is 0.267 e. The molecule has 1 aromatic heterocycles. The Kier molecular flexibility index (Phi) is 6.00. The fraction of sp³-hybridized carbons (Fsp3) is 0. The lowest BCUT2D eigenvalue weighted by Crippen LogP contribution is -2.29. The van der Waals surface area contributed by atoms with E-state index in [1.807, 2.05) is 6.07 Å². The average Bonchev–Trinajstić information content (AvgIpc) is 2.81. The Labute approximate surface area is 191 Å². The number of hydrogen-bond acceptors (Lipinski definition) is 4. The predicted molar refractivity (Wildman–Crippen MR) is 126 cm³/mol. The summed E-state index contributed by atoms with van der Waals surface area (Å²) in [5.41, 5.74) is 0.383. The second kappa shape index (κ2) is 9.03. The van der Waals surface area contributed by atoms with Gasteiger partial charge in [0.05, 0.1) is 5.56 Å². The number of benzene rings is 3. The highest BCUT2D eigenvalue weighted by Gasteiger charge is 2.21. The van der Waals surface area contributed by atoms with Crippen LogP contribution in [-0.4, -0.2) is 21.4 Å². The van der Waals surface area contributed by atoms with Crippen molar-refractivity contribution in [3.8, 4) is 11.4 Å². The number of phenolic OH excluding ortho intramolecular Hbond substituents is 1. The van der Waals surface area contributed by atoms with Crippen LogP contribution in [0.3, 0.4) is 0 Å². The molecule has 0 fully saturated rings. The van der Waals surface area contributed by atoms with Gasteiger partial charge in [0.15, 0.2) is 5.78 Å². The fourth-order valence-electron chi connectivity index (χ4n) is 3.21. The van der Waals surface area contributed by atoms with Crippen LogP contribution in [0.25, 0.3) is 5.69 Å². The van der Waals surface area contributed by atoms with Gasteiger partial charge in [-0.2, -0.15) is 0 Å². The molecular weight excluding hydrogens is 472 g/mol. The third kappa shape index (κ3) is 4.38. The predicted octanol–water partition coefficient (Wildman–Crippen LogP) is 4.79. The molecular formula is C25H17BrN2O4. The Bertz CT molecular complexity index is 1370. The van der Waals surface area contributed by atoms with Crippen molar-refractivity contribution >= 4 is 33.3 Å². The van der Waals surface area contributed by atoms with Gasteiger partial charge in [0, 0.05) is 27.6 Å². The van der Waals surface area contributed by atoms with Gasteiger partial charge < -0.3 is 10.4 Å². The number of anilines is 1. The number of rotatable bonds is 5. The first kappa shape index (κ1) is 21.3. The topological polar surface area (TPSA) is 88.4 Å². The number of pyridine rings is 1. The summed E-state index contributed by atoms with van der Waals surface area (Å²) in [5, 5.41) is 12.9. The quantitative estimate of drug-likeness (QED) is 0.395. The number of aromatic hydroxyl groups is 1. The minimum atomic E-state index is -0.640. The Hall–Kier alpha value is -3.97. The number of halogens is 1. The van der Waals surface area contributed by atoms with Crippen LogP contribution in [0.2, 0.25) is 0 Å². The van der Waals surface area contributed by atoms with E-state index in [1.54, 1.807) is 60.7 Å². The average molecular weight is 489 g/mol. The van der Waals surface area contributed by atoms with Crippen LogP contribution in [0.5, 0.6) is 5.75 Å². The van der Waals surface area contributed by atoms with Crippen molar-refractivity contribution in [2.75, 3.05) is 5.32 Å². The van der Waals surface area contributed by atoms with Crippen molar-refractivity contribution in [1.29, 1.82) is 0 Å². The van der Waals surface area contributed by atoms with Crippen molar-refractivity contribution in [2.45, 2.75) is 0 Å². The van der Waals surface area contributed by atoms with Gasteiger partial charge in [0.1, 0.15) is 11.3 Å². The van der Waals surface area contributed by atoms with Crippen LogP contribution in [0.1, 0.15) is 26.3 Å². The summed E-state index contributed by atoms with van der Waals surface area (Å²) in [4.78, 5) is 39.3. The lowest BCUT2D eigenvalue weighted by Gasteiger charge is -2.12. The van der Waals surface area contributed by atoms with Crippen LogP contribution < -0.4 is 10.9 Å². The molecule has 0 unspecified atom stereocenters. The van der Waals surface area contributed by atoms with E-state index in [-0.39, 0.29) is 22.4 Å². The Balaban J connectivity index is 1.86. The van der Waals surface area contributed by atoms with E-state index < -0.39 is 17.2 Å². The van der Waals surface area contributed by atoms with Gasteiger partial charge in [-0.05, 0) is 48.5 Å². The molecule has 0 aliphatic carbocycles. The number of ketones is 1. The molecule has 2 N–H and O–H groups in total. The molecule has 32 heavy (non-hydrogen) atoms. The largest absolute Gasteiger partial charge is 0.507 e. The third-order valence-corrected chi connectivity index (χ3v) is 5.29. The molecule has 4 aromatic rings. The molecule has 4 rings (SSSR count). The van der Waals surface area contributed by atoms with Gasteiger partial charge >= 0.3 is 0 Å². The normalized spacial score (nSPS) is 10.5. The zero-order valence-corrected chi connectivity index (χ0v) is 18.2. The van der Waals surface area contributed by atoms with Gasteiger partial charge in [0.25, 0.3) is 11.5 Å². The number of nitrogens with zero attached hydrogens (tertiary/aromatic N) is 1. The summed E-state index contributed by atoms with van der Waals surface area (Å²) < 4.78 is 1.86. The standard InChI is InChI=1S/C25H17BrN2O4/c26-17-11-12-22(29)20(14-17)23(30)16-13-21(24(31)27-18-7-3-1-4-8-18)25(32)28(15-16)19-9-5-2-6-10-19/h1-15,29H,(H,27,31). The SMILES string of the molecule is O=C(c1cc(C(=O)Nc2ccccc2)c(=O)n(-c2ccccc2)c1)c1cc(Br)ccc1O. The number of amides is 1. The minimum Gasteiger partial charge on any atom is -0.507 e. The summed E-state index contributed by atoms with van der Waals surface area (Å²) in [7, 11) is 0. The lowest BCUT2D eigenvalue weighted by atomic mass is 10.0. The molecule has 158 valence electrons. The second-order valence-corrected chi connectivity index (χ2v) is 7.88. The van der Waals surface area contributed by atoms with E-state index in [1.165, 1.54) is 29.0 Å². The summed E-state index contributed by atoms with van der Waals surface area (Å²) in [6.45, 7) is 0. The summed E-state index contributed by atoms with van der Waals surface area (Å²) in [5.74, 6) is -1.37. The molecule has 0 saturated carbocycles. The van der Waals surface area contributed by atoms with Gasteiger partial charge in [-0.1, -0.05) is 52.3 Å². The van der Waals surface area contributed by atoms with Crippen molar-refractivity contribution in [3.63, 3.8) is 0 Å². The van der Waals surface area contributed by atoms with Gasteiger partial charge in [-0.25, -0.2) is 0 Å². The first-order valence-corrected chi connectivity index (χ1v) is 10.4. The monoisotopic (exact) mass is 488 g/mol. The van der Waals surface area contributed by atoms with E-state index in [2.05, 4.69) is 21.2 Å². The highest BCUT2D eigenvalue weighted by molar-refractivity contribution is 9.10. The number of carbonyl (C=O) groups excluding carboxylic acids is 2. The van der Waals surface area contributed by atoms with Crippen molar-refractivity contribution in [1.82, 2.24) is 4.57 Å². The fourth-order valence-corrected chi connectivity index (χ4v) is 3.58. The lowest BCUT2D eigenvalue weighted by molar-refractivity contribution is 0.102. The van der Waals surface area contributed by atoms with Gasteiger partial charge in [0.2, 0.25) is 0 Å². The number of para-hydroxylation sites is 2. The maximum atomic E-state index is 13.2. The minimum absolute atomic E-state index is 0.0482. The summed E-state index contributed by atoms with van der Waals surface area (Å²) in [6, 6.07) is 23.2. The van der Waals surface area contributed by atoms with Crippen LogP contribution >= 0.6 is 15.9 Å². The first-order chi connectivity index (χ1) is 15.4. The van der Waals surface area contributed by atoms with Gasteiger partial charge in [-0.15, -0.1) is 0 Å². The highest BCUT2D eigenvalue weighted by Crippen LogP contribution is 2.25. The molecule has 0 spiro atoms. The van der Waals surface area contributed by atoms with Crippen molar-refractivity contribution in [3.05, 3.63) is 123 Å². The van der Waals surface area contributed by atoms with Crippen LogP contribution in [-0.2, 0) is 0 Å². The zero-order valence-electron chi connectivity index (χ0n) is 16.7. The number of nitrogens with one attached hydrogen (secondary N) is 1. The summed E-state index contributed by atoms with van der Waals surface area (Å²) >= 11 is 3.29. The zero-order chi connectivity index (χ0) is 22.7. The second-order valence-electron chi connectivity index (χ2n) is 6.96. The van der Waals surface area contributed by atoms with Crippen molar-refractivity contribution in [2.24, 2.45) is 0 Å². The van der Waals surface area contributed by atoms with Gasteiger partial charge in [-0.3, -0.25) is 19.0 Å². The maximum Gasteiger partial charge on any atom is 0.267 e. The molecule has 3 aromatic carbocycles. The number of aromatic nitrogens is 1. The summed E-state index contributed by atoms with van der Waals surface area (Å²) in [6.07, 6.45) is 1.37. The number of phenols is 1. The van der Waals surface area contributed by atoms with E-state index in [9.17, 15) is 19.5 Å². The third-order valence-electron chi connectivity index (χ3n) is 4.79. The van der Waals surface area contributed by atoms with E-state index in [4.69, 9.17) is 0 Å². The molecule has 6 nitrogen and oxygen atoms in total. The molecule has 7 heteroatoms. The Morgan fingerprint density at radius 2 is 1.50 bits per heavy atom. The number of carbonyl (C=O) groups is 2. The molecule has 0 atom stereocenters.